The molecule has 0 aromatic carbocycles. The number of nitrogens with zero attached hydrogens (tertiary/aromatic N) is 1. The van der Waals surface area contributed by atoms with Crippen molar-refractivity contribution in [2.24, 2.45) is 0 Å². The summed E-state index contributed by atoms with van der Waals surface area (Å²) in [7, 11) is 0. The predicted molar refractivity (Wildman–Crippen MR) is 61.1 cm³/mol. The van der Waals surface area contributed by atoms with Crippen LogP contribution in [0.2, 0.25) is 0 Å². The van der Waals surface area contributed by atoms with Crippen LogP contribution in [0.4, 0.5) is 0 Å². The Balaban J connectivity index is 2.46. The van der Waals surface area contributed by atoms with Crippen molar-refractivity contribution in [1.82, 2.24) is 4.98 Å². The predicted octanol–water partition coefficient (Wildman–Crippen LogP) is 3.31. The summed E-state index contributed by atoms with van der Waals surface area (Å²) >= 11 is 0. The molecule has 2 nitrogen and oxygen atoms in total. The molecule has 0 fully saturated rings. The summed E-state index contributed by atoms with van der Waals surface area (Å²) in [6.45, 7) is 4.78. The van der Waals surface area contributed by atoms with E-state index in [0.717, 1.165) is 12.2 Å². The minimum absolute atomic E-state index is 0.637. The molecule has 0 saturated carbocycles. The van der Waals surface area contributed by atoms with E-state index in [9.17, 15) is 0 Å². The van der Waals surface area contributed by atoms with Gasteiger partial charge in [0.15, 0.2) is 0 Å². The number of aromatic nitrogens is 1. The third-order valence-corrected chi connectivity index (χ3v) is 2.54. The van der Waals surface area contributed by atoms with Crippen molar-refractivity contribution in [3.63, 3.8) is 0 Å². The SMILES string of the molecule is CCC=CC1=C(C)OCc2cnccc21. The second-order valence-corrected chi connectivity index (χ2v) is 3.60. The zero-order valence-electron chi connectivity index (χ0n) is 9.16. The maximum Gasteiger partial charge on any atom is 0.115 e. The summed E-state index contributed by atoms with van der Waals surface area (Å²) in [6, 6.07) is 2.05. The number of hydrogen-bond donors (Lipinski definition) is 0. The number of ether oxygens (including phenoxy) is 1. The molecule has 0 N–H and O–H groups in total. The molecular formula is C13H15NO. The lowest BCUT2D eigenvalue weighted by molar-refractivity contribution is 0.197. The lowest BCUT2D eigenvalue weighted by atomic mass is 9.98. The Morgan fingerprint density at radius 3 is 3.20 bits per heavy atom. The summed E-state index contributed by atoms with van der Waals surface area (Å²) in [4.78, 5) is 4.11. The zero-order chi connectivity index (χ0) is 10.7. The highest BCUT2D eigenvalue weighted by atomic mass is 16.5. The van der Waals surface area contributed by atoms with Gasteiger partial charge in [-0.05, 0) is 25.0 Å². The van der Waals surface area contributed by atoms with Gasteiger partial charge < -0.3 is 4.74 Å². The Labute approximate surface area is 90.3 Å². The molecule has 0 atom stereocenters. The van der Waals surface area contributed by atoms with Crippen molar-refractivity contribution in [2.45, 2.75) is 26.9 Å². The van der Waals surface area contributed by atoms with Crippen LogP contribution < -0.4 is 0 Å². The van der Waals surface area contributed by atoms with Gasteiger partial charge >= 0.3 is 0 Å². The lowest BCUT2D eigenvalue weighted by Crippen LogP contribution is -2.05. The van der Waals surface area contributed by atoms with Crippen LogP contribution in [-0.4, -0.2) is 4.98 Å². The van der Waals surface area contributed by atoms with E-state index < -0.39 is 0 Å². The summed E-state index contributed by atoms with van der Waals surface area (Å²) in [6.07, 6.45) is 9.03. The van der Waals surface area contributed by atoms with Crippen molar-refractivity contribution in [3.05, 3.63) is 47.5 Å². The third kappa shape index (κ3) is 1.94. The average molecular weight is 201 g/mol. The second-order valence-electron chi connectivity index (χ2n) is 3.60. The summed E-state index contributed by atoms with van der Waals surface area (Å²) in [5, 5.41) is 0. The lowest BCUT2D eigenvalue weighted by Gasteiger charge is -2.19. The summed E-state index contributed by atoms with van der Waals surface area (Å²) < 4.78 is 5.60. The molecule has 0 unspecified atom stereocenters. The van der Waals surface area contributed by atoms with Gasteiger partial charge in [0, 0.05) is 23.5 Å². The first-order valence-electron chi connectivity index (χ1n) is 5.26. The van der Waals surface area contributed by atoms with Gasteiger partial charge in [-0.25, -0.2) is 0 Å². The van der Waals surface area contributed by atoms with Crippen molar-refractivity contribution in [3.8, 4) is 0 Å². The molecule has 0 spiro atoms. The summed E-state index contributed by atoms with van der Waals surface area (Å²) in [5.41, 5.74) is 3.60. The molecule has 0 bridgehead atoms. The fourth-order valence-electron chi connectivity index (χ4n) is 1.70. The number of pyridine rings is 1. The smallest absolute Gasteiger partial charge is 0.115 e. The van der Waals surface area contributed by atoms with E-state index in [2.05, 4.69) is 30.1 Å². The van der Waals surface area contributed by atoms with Crippen LogP contribution in [0.15, 0.2) is 36.4 Å². The molecule has 78 valence electrons. The van der Waals surface area contributed by atoms with Gasteiger partial charge in [-0.15, -0.1) is 0 Å². The van der Waals surface area contributed by atoms with Crippen LogP contribution in [0.5, 0.6) is 0 Å². The number of hydrogen-bond acceptors (Lipinski definition) is 2. The molecule has 1 aromatic heterocycles. The van der Waals surface area contributed by atoms with E-state index in [1.165, 1.54) is 16.7 Å². The number of fused-ring (bicyclic) bond motifs is 1. The first kappa shape index (κ1) is 9.97. The largest absolute Gasteiger partial charge is 0.493 e. The first-order chi connectivity index (χ1) is 7.33. The maximum absolute atomic E-state index is 5.60. The van der Waals surface area contributed by atoms with Crippen molar-refractivity contribution < 1.29 is 4.74 Å². The normalized spacial score (nSPS) is 15.3. The van der Waals surface area contributed by atoms with Gasteiger partial charge in [-0.1, -0.05) is 19.1 Å². The molecular weight excluding hydrogens is 186 g/mol. The molecule has 2 heteroatoms. The van der Waals surface area contributed by atoms with Gasteiger partial charge in [-0.2, -0.15) is 0 Å². The van der Waals surface area contributed by atoms with E-state index in [-0.39, 0.29) is 0 Å². The van der Waals surface area contributed by atoms with E-state index in [1.807, 2.05) is 19.3 Å². The second kappa shape index (κ2) is 4.30. The topological polar surface area (TPSA) is 22.1 Å². The molecule has 0 aliphatic carbocycles. The number of rotatable bonds is 2. The van der Waals surface area contributed by atoms with Crippen molar-refractivity contribution >= 4 is 5.57 Å². The van der Waals surface area contributed by atoms with Gasteiger partial charge in [-0.3, -0.25) is 4.98 Å². The molecule has 1 aliphatic heterocycles. The number of allylic oxidation sites excluding steroid dienone is 4. The quantitative estimate of drug-likeness (QED) is 0.732. The van der Waals surface area contributed by atoms with Crippen LogP contribution in [0.3, 0.4) is 0 Å². The van der Waals surface area contributed by atoms with E-state index in [1.54, 1.807) is 0 Å². The van der Waals surface area contributed by atoms with Gasteiger partial charge in [0.2, 0.25) is 0 Å². The van der Waals surface area contributed by atoms with E-state index in [4.69, 9.17) is 4.74 Å². The highest BCUT2D eigenvalue weighted by Crippen LogP contribution is 2.29. The Hall–Kier alpha value is -1.57. The van der Waals surface area contributed by atoms with E-state index >= 15 is 0 Å². The minimum Gasteiger partial charge on any atom is -0.493 e. The average Bonchev–Trinajstić information content (AvgIpc) is 2.28. The molecule has 2 rings (SSSR count). The van der Waals surface area contributed by atoms with Crippen molar-refractivity contribution in [2.75, 3.05) is 0 Å². The monoisotopic (exact) mass is 201 g/mol. The van der Waals surface area contributed by atoms with Gasteiger partial charge in [0.05, 0.1) is 0 Å². The first-order valence-corrected chi connectivity index (χ1v) is 5.26. The van der Waals surface area contributed by atoms with E-state index in [0.29, 0.717) is 6.61 Å². The molecule has 15 heavy (non-hydrogen) atoms. The van der Waals surface area contributed by atoms with Gasteiger partial charge in [0.25, 0.3) is 0 Å². The third-order valence-electron chi connectivity index (χ3n) is 2.54. The Bertz CT molecular complexity index is 418. The molecule has 2 heterocycles. The standard InChI is InChI=1S/C13H15NO/c1-3-4-5-12-10(2)15-9-11-8-14-7-6-13(11)12/h4-8H,3,9H2,1-2H3. The minimum atomic E-state index is 0.637. The maximum atomic E-state index is 5.60. The van der Waals surface area contributed by atoms with Crippen LogP contribution in [0.25, 0.3) is 5.57 Å². The van der Waals surface area contributed by atoms with Crippen LogP contribution in [0.1, 0.15) is 31.4 Å². The summed E-state index contributed by atoms with van der Waals surface area (Å²) in [5.74, 6) is 0.999. The zero-order valence-corrected chi connectivity index (χ0v) is 9.16. The molecule has 0 amide bonds. The molecule has 1 aliphatic rings. The Morgan fingerprint density at radius 2 is 2.40 bits per heavy atom. The van der Waals surface area contributed by atoms with Crippen LogP contribution >= 0.6 is 0 Å². The van der Waals surface area contributed by atoms with Gasteiger partial charge in [0.1, 0.15) is 12.4 Å². The van der Waals surface area contributed by atoms with Crippen LogP contribution in [0, 0.1) is 0 Å². The fraction of sp³-hybridized carbons (Fsp3) is 0.308. The van der Waals surface area contributed by atoms with Crippen molar-refractivity contribution in [1.29, 1.82) is 0 Å². The highest BCUT2D eigenvalue weighted by Gasteiger charge is 2.14. The molecule has 0 saturated heterocycles. The molecule has 1 aromatic rings. The van der Waals surface area contributed by atoms with Crippen LogP contribution in [-0.2, 0) is 11.3 Å². The Kier molecular flexibility index (Phi) is 2.86. The Morgan fingerprint density at radius 1 is 1.53 bits per heavy atom. The highest BCUT2D eigenvalue weighted by molar-refractivity contribution is 5.77. The molecule has 0 radical (unpaired) electrons. The fourth-order valence-corrected chi connectivity index (χ4v) is 1.70.